The normalized spacial score (nSPS) is 12.5. The first-order valence-corrected chi connectivity index (χ1v) is 7.17. The minimum absolute atomic E-state index is 0.0525. The van der Waals surface area contributed by atoms with E-state index in [9.17, 15) is 13.5 Å². The minimum atomic E-state index is -3.77. The highest BCUT2D eigenvalue weighted by Gasteiger charge is 2.21. The maximum absolute atomic E-state index is 11.8. The van der Waals surface area contributed by atoms with Gasteiger partial charge in [0, 0.05) is 10.6 Å². The predicted octanol–water partition coefficient (Wildman–Crippen LogP) is 2.40. The Morgan fingerprint density at radius 3 is 2.33 bits per heavy atom. The monoisotopic (exact) mass is 292 g/mol. The highest BCUT2D eigenvalue weighted by Crippen LogP contribution is 2.31. The fourth-order valence-electron chi connectivity index (χ4n) is 1.39. The lowest BCUT2D eigenvalue weighted by atomic mass is 10.1. The molecule has 1 aromatic rings. The number of aromatic hydroxyl groups is 1. The summed E-state index contributed by atoms with van der Waals surface area (Å²) in [6.45, 7) is 6.79. The number of hydrogen-bond acceptors (Lipinski definition) is 3. The minimum Gasteiger partial charge on any atom is -0.505 e. The summed E-state index contributed by atoms with van der Waals surface area (Å²) in [5, 5.41) is 10.1. The quantitative estimate of drug-likeness (QED) is 0.749. The van der Waals surface area contributed by atoms with Crippen LogP contribution in [-0.4, -0.2) is 19.1 Å². The molecule has 0 spiro atoms. The zero-order chi connectivity index (χ0) is 14.1. The van der Waals surface area contributed by atoms with E-state index in [2.05, 4.69) is 9.44 Å². The van der Waals surface area contributed by atoms with Gasteiger partial charge in [-0.15, -0.1) is 0 Å². The van der Waals surface area contributed by atoms with Crippen LogP contribution < -0.4 is 9.44 Å². The van der Waals surface area contributed by atoms with Crippen molar-refractivity contribution in [3.63, 3.8) is 0 Å². The third-order valence-corrected chi connectivity index (χ3v) is 3.54. The molecule has 1 aromatic carbocycles. The molecule has 0 aliphatic heterocycles. The lowest BCUT2D eigenvalue weighted by Gasteiger charge is -2.21. The van der Waals surface area contributed by atoms with Crippen LogP contribution in [0.5, 0.6) is 5.75 Å². The van der Waals surface area contributed by atoms with E-state index in [1.54, 1.807) is 33.8 Å². The van der Waals surface area contributed by atoms with Gasteiger partial charge in [0.15, 0.2) is 0 Å². The highest BCUT2D eigenvalue weighted by atomic mass is 35.5. The van der Waals surface area contributed by atoms with Crippen LogP contribution in [0.3, 0.4) is 0 Å². The Hall–Kier alpha value is -0.980. The van der Waals surface area contributed by atoms with Crippen molar-refractivity contribution in [2.45, 2.75) is 33.2 Å². The van der Waals surface area contributed by atoms with Gasteiger partial charge in [0.2, 0.25) is 0 Å². The Kier molecular flexibility index (Phi) is 4.15. The standard InChI is InChI=1S/C11H17ClN2O3S/c1-7-5-8(12)6-9(10(7)15)13-18(16,17)14-11(2,3)4/h5-6,13-15H,1-4H3. The first-order chi connectivity index (χ1) is 8.00. The van der Waals surface area contributed by atoms with Gasteiger partial charge in [-0.3, -0.25) is 4.72 Å². The molecule has 3 N–H and O–H groups in total. The molecule has 0 bridgehead atoms. The van der Waals surface area contributed by atoms with Crippen molar-refractivity contribution >= 4 is 27.5 Å². The zero-order valence-corrected chi connectivity index (χ0v) is 12.3. The number of benzene rings is 1. The lowest BCUT2D eigenvalue weighted by Crippen LogP contribution is -2.43. The van der Waals surface area contributed by atoms with E-state index in [-0.39, 0.29) is 11.4 Å². The van der Waals surface area contributed by atoms with Crippen LogP contribution in [0, 0.1) is 6.92 Å². The van der Waals surface area contributed by atoms with E-state index in [1.807, 2.05) is 0 Å². The molecule has 0 radical (unpaired) electrons. The first-order valence-electron chi connectivity index (χ1n) is 5.31. The lowest BCUT2D eigenvalue weighted by molar-refractivity contribution is 0.472. The third kappa shape index (κ3) is 4.36. The largest absolute Gasteiger partial charge is 0.505 e. The van der Waals surface area contributed by atoms with Crippen molar-refractivity contribution in [2.24, 2.45) is 0 Å². The summed E-state index contributed by atoms with van der Waals surface area (Å²) in [7, 11) is -3.77. The van der Waals surface area contributed by atoms with Gasteiger partial charge in [-0.25, -0.2) is 0 Å². The van der Waals surface area contributed by atoms with Gasteiger partial charge in [-0.05, 0) is 45.4 Å². The molecule has 0 amide bonds. The molecule has 5 nitrogen and oxygen atoms in total. The second-order valence-electron chi connectivity index (χ2n) is 5.08. The molecular weight excluding hydrogens is 276 g/mol. The molecule has 0 fully saturated rings. The van der Waals surface area contributed by atoms with Crippen LogP contribution in [0.15, 0.2) is 12.1 Å². The van der Waals surface area contributed by atoms with E-state index < -0.39 is 15.7 Å². The number of anilines is 1. The van der Waals surface area contributed by atoms with Crippen molar-refractivity contribution in [3.8, 4) is 5.75 Å². The number of hydrogen-bond donors (Lipinski definition) is 3. The Balaban J connectivity index is 3.05. The average Bonchev–Trinajstić information content (AvgIpc) is 2.08. The summed E-state index contributed by atoms with van der Waals surface area (Å²) in [4.78, 5) is 0. The second kappa shape index (κ2) is 4.95. The number of nitrogens with one attached hydrogen (secondary N) is 2. The number of halogens is 1. The maximum Gasteiger partial charge on any atom is 0.299 e. The van der Waals surface area contributed by atoms with E-state index in [0.717, 1.165) is 0 Å². The van der Waals surface area contributed by atoms with Crippen LogP contribution in [0.2, 0.25) is 5.02 Å². The fraction of sp³-hybridized carbons (Fsp3) is 0.455. The Bertz CT molecular complexity index is 550. The molecule has 0 aliphatic carbocycles. The molecule has 0 atom stereocenters. The van der Waals surface area contributed by atoms with E-state index in [4.69, 9.17) is 11.6 Å². The molecule has 0 heterocycles. The van der Waals surface area contributed by atoms with Crippen LogP contribution >= 0.6 is 11.6 Å². The SMILES string of the molecule is Cc1cc(Cl)cc(NS(=O)(=O)NC(C)(C)C)c1O. The Morgan fingerprint density at radius 1 is 1.28 bits per heavy atom. The van der Waals surface area contributed by atoms with Crippen molar-refractivity contribution in [3.05, 3.63) is 22.7 Å². The molecule has 0 saturated heterocycles. The van der Waals surface area contributed by atoms with Crippen molar-refractivity contribution in [1.82, 2.24) is 4.72 Å². The molecule has 0 unspecified atom stereocenters. The molecule has 0 aromatic heterocycles. The topological polar surface area (TPSA) is 78.4 Å². The highest BCUT2D eigenvalue weighted by molar-refractivity contribution is 7.90. The van der Waals surface area contributed by atoms with Crippen LogP contribution in [-0.2, 0) is 10.2 Å². The molecular formula is C11H17ClN2O3S. The summed E-state index contributed by atoms with van der Waals surface area (Å²) < 4.78 is 28.3. The number of phenols is 1. The smallest absolute Gasteiger partial charge is 0.299 e. The van der Waals surface area contributed by atoms with Gasteiger partial charge >= 0.3 is 0 Å². The fourth-order valence-corrected chi connectivity index (χ4v) is 2.96. The second-order valence-corrected chi connectivity index (χ2v) is 6.93. The van der Waals surface area contributed by atoms with Crippen LogP contribution in [0.25, 0.3) is 0 Å². The maximum atomic E-state index is 11.8. The Labute approximate surface area is 112 Å². The number of rotatable bonds is 3. The van der Waals surface area contributed by atoms with E-state index in [1.165, 1.54) is 6.07 Å². The molecule has 0 saturated carbocycles. The van der Waals surface area contributed by atoms with Gasteiger partial charge in [0.25, 0.3) is 10.2 Å². The van der Waals surface area contributed by atoms with E-state index in [0.29, 0.717) is 10.6 Å². The van der Waals surface area contributed by atoms with Gasteiger partial charge < -0.3 is 5.11 Å². The van der Waals surface area contributed by atoms with E-state index >= 15 is 0 Å². The summed E-state index contributed by atoms with van der Waals surface area (Å²) in [6.07, 6.45) is 0. The predicted molar refractivity (Wildman–Crippen MR) is 73.3 cm³/mol. The van der Waals surface area contributed by atoms with Crippen LogP contribution in [0.4, 0.5) is 5.69 Å². The number of aryl methyl sites for hydroxylation is 1. The van der Waals surface area contributed by atoms with Gasteiger partial charge in [0.05, 0.1) is 5.69 Å². The van der Waals surface area contributed by atoms with Crippen molar-refractivity contribution in [2.75, 3.05) is 4.72 Å². The molecule has 18 heavy (non-hydrogen) atoms. The Morgan fingerprint density at radius 2 is 1.83 bits per heavy atom. The third-order valence-electron chi connectivity index (χ3n) is 1.95. The van der Waals surface area contributed by atoms with Crippen LogP contribution in [0.1, 0.15) is 26.3 Å². The van der Waals surface area contributed by atoms with Gasteiger partial charge in [-0.2, -0.15) is 13.1 Å². The first kappa shape index (κ1) is 15.1. The summed E-state index contributed by atoms with van der Waals surface area (Å²) in [5.74, 6) is -0.140. The number of phenolic OH excluding ortho intramolecular Hbond substituents is 1. The van der Waals surface area contributed by atoms with Gasteiger partial charge in [0.1, 0.15) is 5.75 Å². The molecule has 1 rings (SSSR count). The molecule has 7 heteroatoms. The molecule has 102 valence electrons. The van der Waals surface area contributed by atoms with Gasteiger partial charge in [-0.1, -0.05) is 11.6 Å². The average molecular weight is 293 g/mol. The van der Waals surface area contributed by atoms with Crippen molar-refractivity contribution < 1.29 is 13.5 Å². The van der Waals surface area contributed by atoms with Crippen molar-refractivity contribution in [1.29, 1.82) is 0 Å². The summed E-state index contributed by atoms with van der Waals surface area (Å²) in [5.41, 5.74) is -0.0672. The molecule has 0 aliphatic rings. The summed E-state index contributed by atoms with van der Waals surface area (Å²) >= 11 is 5.82. The zero-order valence-electron chi connectivity index (χ0n) is 10.7. The summed E-state index contributed by atoms with van der Waals surface area (Å²) in [6, 6.07) is 2.90.